The largest absolute Gasteiger partial charge is 0.493 e. The van der Waals surface area contributed by atoms with Crippen molar-refractivity contribution in [2.45, 2.75) is 0 Å². The van der Waals surface area contributed by atoms with Crippen LogP contribution in [0.4, 0.5) is 19.3 Å². The lowest BCUT2D eigenvalue weighted by molar-refractivity contribution is 0.256. The number of benzene rings is 2. The number of ether oxygens (including phenoxy) is 1. The first-order valence-corrected chi connectivity index (χ1v) is 9.05. The van der Waals surface area contributed by atoms with E-state index in [0.717, 1.165) is 17.9 Å². The molecule has 0 aliphatic heterocycles. The summed E-state index contributed by atoms with van der Waals surface area (Å²) >= 11 is 6.09. The number of urea groups is 1. The van der Waals surface area contributed by atoms with Crippen molar-refractivity contribution in [2.24, 2.45) is 10.7 Å². The van der Waals surface area contributed by atoms with Gasteiger partial charge in [-0.3, -0.25) is 5.32 Å². The third kappa shape index (κ3) is 7.59. The highest BCUT2D eigenvalue weighted by atomic mass is 32.2. The standard InChI is InChI=1S/C17H16F2N4O2S2.2H2/c18-11-6-7-14(13(19)10-11)21-16(24)23-17(26)22-15(20)27-9-8-25-12-4-2-1-3-5-12;;/h1-7,10H,8-9H2,(H4,20,21,22,23,24,26);2*1H. The lowest BCUT2D eigenvalue weighted by Gasteiger charge is -2.08. The molecule has 2 amide bonds. The summed E-state index contributed by atoms with van der Waals surface area (Å²) in [6.07, 6.45) is 0. The van der Waals surface area contributed by atoms with Crippen LogP contribution in [0.15, 0.2) is 53.5 Å². The first-order chi connectivity index (χ1) is 12.9. The molecule has 0 unspecified atom stereocenters. The van der Waals surface area contributed by atoms with E-state index in [1.54, 1.807) is 0 Å². The van der Waals surface area contributed by atoms with Crippen molar-refractivity contribution < 1.29 is 21.2 Å². The lowest BCUT2D eigenvalue weighted by atomic mass is 10.3. The molecular weight excluding hydrogens is 394 g/mol. The van der Waals surface area contributed by atoms with Gasteiger partial charge in [0.1, 0.15) is 17.4 Å². The van der Waals surface area contributed by atoms with Crippen LogP contribution in [-0.4, -0.2) is 28.7 Å². The molecule has 146 valence electrons. The molecule has 4 N–H and O–H groups in total. The minimum Gasteiger partial charge on any atom is -0.493 e. The Labute approximate surface area is 167 Å². The number of thioether (sulfide) groups is 1. The van der Waals surface area contributed by atoms with Gasteiger partial charge in [-0.25, -0.2) is 13.6 Å². The number of hydrogen-bond acceptors (Lipinski definition) is 4. The summed E-state index contributed by atoms with van der Waals surface area (Å²) in [6, 6.07) is 11.2. The summed E-state index contributed by atoms with van der Waals surface area (Å²) in [7, 11) is 0. The first kappa shape index (κ1) is 20.6. The second-order valence-electron chi connectivity index (χ2n) is 4.97. The fraction of sp³-hybridized carbons (Fsp3) is 0.118. The zero-order valence-corrected chi connectivity index (χ0v) is 15.6. The van der Waals surface area contributed by atoms with Crippen LogP contribution in [0.5, 0.6) is 5.75 Å². The van der Waals surface area contributed by atoms with Crippen LogP contribution in [0.25, 0.3) is 0 Å². The number of carbonyl (C=O) groups excluding carboxylic acids is 1. The molecule has 0 aromatic heterocycles. The van der Waals surface area contributed by atoms with Crippen molar-refractivity contribution in [3.05, 3.63) is 60.2 Å². The number of hydrogen-bond donors (Lipinski definition) is 3. The SMILES string of the molecule is N/C(=N\C(=S)NC(=O)Nc1ccc(F)cc1F)SCCOc1ccccc1.[HH].[HH]. The number of carbonyl (C=O) groups is 1. The molecule has 0 fully saturated rings. The molecule has 0 radical (unpaired) electrons. The predicted molar refractivity (Wildman–Crippen MR) is 111 cm³/mol. The first-order valence-electron chi connectivity index (χ1n) is 7.66. The van der Waals surface area contributed by atoms with E-state index in [0.29, 0.717) is 18.4 Å². The number of aliphatic imine (C=N–C) groups is 1. The number of nitrogens with zero attached hydrogens (tertiary/aromatic N) is 1. The summed E-state index contributed by atoms with van der Waals surface area (Å²) in [4.78, 5) is 15.6. The molecule has 0 aliphatic carbocycles. The molecule has 6 nitrogen and oxygen atoms in total. The summed E-state index contributed by atoms with van der Waals surface area (Å²) in [5.74, 6) is -0.386. The predicted octanol–water partition coefficient (Wildman–Crippen LogP) is 3.99. The van der Waals surface area contributed by atoms with Gasteiger partial charge < -0.3 is 15.8 Å². The number of halogens is 2. The van der Waals surface area contributed by atoms with Crippen LogP contribution in [-0.2, 0) is 0 Å². The van der Waals surface area contributed by atoms with Gasteiger partial charge in [-0.15, -0.1) is 0 Å². The summed E-state index contributed by atoms with van der Waals surface area (Å²) in [6.45, 7) is 0.412. The number of thiocarbonyl (C=S) groups is 1. The van der Waals surface area contributed by atoms with E-state index in [9.17, 15) is 13.6 Å². The zero-order chi connectivity index (χ0) is 19.6. The minimum absolute atomic E-state index is 0. The summed E-state index contributed by atoms with van der Waals surface area (Å²) in [5, 5.41) is 4.37. The van der Waals surface area contributed by atoms with Gasteiger partial charge in [0.15, 0.2) is 5.17 Å². The molecule has 2 rings (SSSR count). The number of amidine groups is 1. The lowest BCUT2D eigenvalue weighted by Crippen LogP contribution is -2.33. The van der Waals surface area contributed by atoms with Crippen LogP contribution in [0.1, 0.15) is 2.85 Å². The van der Waals surface area contributed by atoms with Crippen LogP contribution >= 0.6 is 24.0 Å². The van der Waals surface area contributed by atoms with Crippen LogP contribution in [0, 0.1) is 11.6 Å². The Morgan fingerprint density at radius 2 is 2.00 bits per heavy atom. The molecule has 2 aromatic carbocycles. The molecule has 0 heterocycles. The highest BCUT2D eigenvalue weighted by Gasteiger charge is 2.09. The third-order valence-electron chi connectivity index (χ3n) is 2.96. The molecular formula is C17H20F2N4O2S2. The average molecular weight is 415 g/mol. The Balaban J connectivity index is 0.00000392. The number of nitrogens with one attached hydrogen (secondary N) is 2. The maximum atomic E-state index is 13.5. The van der Waals surface area contributed by atoms with Crippen molar-refractivity contribution in [2.75, 3.05) is 17.7 Å². The van der Waals surface area contributed by atoms with E-state index in [4.69, 9.17) is 22.7 Å². The number of rotatable bonds is 5. The minimum atomic E-state index is -0.909. The topological polar surface area (TPSA) is 88.7 Å². The maximum absolute atomic E-state index is 13.5. The summed E-state index contributed by atoms with van der Waals surface area (Å²) in [5.41, 5.74) is 5.53. The van der Waals surface area contributed by atoms with Gasteiger partial charge in [0.25, 0.3) is 0 Å². The second-order valence-corrected chi connectivity index (χ2v) is 6.47. The van der Waals surface area contributed by atoms with Crippen molar-refractivity contribution in [1.82, 2.24) is 5.32 Å². The van der Waals surface area contributed by atoms with Gasteiger partial charge in [0, 0.05) is 14.7 Å². The van der Waals surface area contributed by atoms with E-state index in [1.165, 1.54) is 11.8 Å². The van der Waals surface area contributed by atoms with Gasteiger partial charge in [0.05, 0.1) is 12.3 Å². The molecule has 2 aromatic rings. The number of anilines is 1. The van der Waals surface area contributed by atoms with E-state index in [2.05, 4.69) is 15.6 Å². The number of nitrogens with two attached hydrogens (primary N) is 1. The van der Waals surface area contributed by atoms with Crippen molar-refractivity contribution in [3.8, 4) is 5.75 Å². The Morgan fingerprint density at radius 3 is 2.70 bits per heavy atom. The highest BCUT2D eigenvalue weighted by molar-refractivity contribution is 8.13. The van der Waals surface area contributed by atoms with E-state index < -0.39 is 17.7 Å². The molecule has 0 saturated carbocycles. The second kappa shape index (κ2) is 10.4. The quantitative estimate of drug-likeness (QED) is 0.298. The summed E-state index contributed by atoms with van der Waals surface area (Å²) < 4.78 is 31.8. The van der Waals surface area contributed by atoms with Crippen molar-refractivity contribution >= 4 is 46.0 Å². The smallest absolute Gasteiger partial charge is 0.325 e. The zero-order valence-electron chi connectivity index (χ0n) is 13.9. The molecule has 0 spiro atoms. The van der Waals surface area contributed by atoms with Crippen LogP contribution in [0.2, 0.25) is 0 Å². The van der Waals surface area contributed by atoms with E-state index in [1.807, 2.05) is 30.3 Å². The molecule has 0 saturated heterocycles. The van der Waals surface area contributed by atoms with Gasteiger partial charge in [-0.1, -0.05) is 30.0 Å². The average Bonchev–Trinajstić information content (AvgIpc) is 2.62. The van der Waals surface area contributed by atoms with Gasteiger partial charge in [-0.2, -0.15) is 4.99 Å². The Hall–Kier alpha value is -2.72. The van der Waals surface area contributed by atoms with Gasteiger partial charge in [0.2, 0.25) is 5.11 Å². The van der Waals surface area contributed by atoms with Crippen LogP contribution in [0.3, 0.4) is 0 Å². The Morgan fingerprint density at radius 1 is 1.26 bits per heavy atom. The maximum Gasteiger partial charge on any atom is 0.325 e. The van der Waals surface area contributed by atoms with E-state index in [-0.39, 0.29) is 18.8 Å². The number of amides is 2. The van der Waals surface area contributed by atoms with Crippen molar-refractivity contribution in [3.63, 3.8) is 0 Å². The third-order valence-corrected chi connectivity index (χ3v) is 3.91. The molecule has 0 atom stereocenters. The molecule has 27 heavy (non-hydrogen) atoms. The Bertz CT molecular complexity index is 845. The van der Waals surface area contributed by atoms with Gasteiger partial charge in [-0.05, 0) is 36.5 Å². The molecule has 0 bridgehead atoms. The van der Waals surface area contributed by atoms with Gasteiger partial charge >= 0.3 is 6.03 Å². The van der Waals surface area contributed by atoms with Crippen LogP contribution < -0.4 is 21.1 Å². The Kier molecular flexibility index (Phi) is 7.96. The fourth-order valence-corrected chi connectivity index (χ4v) is 2.60. The van der Waals surface area contributed by atoms with E-state index >= 15 is 0 Å². The fourth-order valence-electron chi connectivity index (χ4n) is 1.82. The monoisotopic (exact) mass is 414 g/mol. The van der Waals surface area contributed by atoms with Crippen molar-refractivity contribution in [1.29, 1.82) is 0 Å². The molecule has 10 heteroatoms. The normalized spacial score (nSPS) is 11.0. The highest BCUT2D eigenvalue weighted by Crippen LogP contribution is 2.14. The molecule has 0 aliphatic rings. The number of para-hydroxylation sites is 1.